The first kappa shape index (κ1) is 15.3. The number of ketones is 1. The number of nitrogens with zero attached hydrogens (tertiary/aromatic N) is 1. The standard InChI is InChI=1S/C16H19Cl2NO2/c1-10(16(20)12-6-5-11(17)9-13(12)18)19-7-8-21-15-4-2-3-14(15)19/h5-6,9-10,14-15H,2-4,7-8H2,1H3. The summed E-state index contributed by atoms with van der Waals surface area (Å²) in [7, 11) is 0. The summed E-state index contributed by atoms with van der Waals surface area (Å²) in [6.07, 6.45) is 3.67. The molecular formula is C16H19Cl2NO2. The fourth-order valence-corrected chi connectivity index (χ4v) is 4.00. The Bertz CT molecular complexity index is 549. The van der Waals surface area contributed by atoms with E-state index in [4.69, 9.17) is 27.9 Å². The average molecular weight is 328 g/mol. The van der Waals surface area contributed by atoms with Gasteiger partial charge in [0.25, 0.3) is 0 Å². The Balaban J connectivity index is 1.80. The third-order valence-electron chi connectivity index (χ3n) is 4.60. The number of benzene rings is 1. The SMILES string of the molecule is CC(C(=O)c1ccc(Cl)cc1Cl)N1CCOC2CCCC21. The van der Waals surface area contributed by atoms with Crippen molar-refractivity contribution in [3.63, 3.8) is 0 Å². The van der Waals surface area contributed by atoms with Crippen LogP contribution in [0.1, 0.15) is 36.5 Å². The molecule has 0 aromatic heterocycles. The number of rotatable bonds is 3. The van der Waals surface area contributed by atoms with E-state index in [1.54, 1.807) is 18.2 Å². The number of hydrogen-bond donors (Lipinski definition) is 0. The fourth-order valence-electron chi connectivity index (χ4n) is 3.50. The van der Waals surface area contributed by atoms with E-state index >= 15 is 0 Å². The van der Waals surface area contributed by atoms with Gasteiger partial charge in [0.1, 0.15) is 0 Å². The number of halogens is 2. The lowest BCUT2D eigenvalue weighted by Gasteiger charge is -2.40. The summed E-state index contributed by atoms with van der Waals surface area (Å²) in [6, 6.07) is 5.24. The van der Waals surface area contributed by atoms with Crippen molar-refractivity contribution >= 4 is 29.0 Å². The van der Waals surface area contributed by atoms with Crippen LogP contribution in [-0.2, 0) is 4.74 Å². The minimum absolute atomic E-state index is 0.0595. The monoisotopic (exact) mass is 327 g/mol. The van der Waals surface area contributed by atoms with Gasteiger partial charge in [-0.3, -0.25) is 9.69 Å². The fraction of sp³-hybridized carbons (Fsp3) is 0.562. The van der Waals surface area contributed by atoms with Crippen LogP contribution in [0.15, 0.2) is 18.2 Å². The number of Topliss-reactive ketones (excluding diaryl/α,β-unsaturated/α-hetero) is 1. The predicted molar refractivity (Wildman–Crippen MR) is 84.3 cm³/mol. The first-order chi connectivity index (χ1) is 10.1. The molecule has 0 radical (unpaired) electrons. The summed E-state index contributed by atoms with van der Waals surface area (Å²) in [4.78, 5) is 15.0. The summed E-state index contributed by atoms with van der Waals surface area (Å²) >= 11 is 12.1. The maximum atomic E-state index is 12.8. The highest BCUT2D eigenvalue weighted by Gasteiger charge is 2.40. The number of hydrogen-bond acceptors (Lipinski definition) is 3. The molecule has 1 heterocycles. The molecule has 1 aromatic carbocycles. The van der Waals surface area contributed by atoms with E-state index in [1.165, 1.54) is 6.42 Å². The second-order valence-electron chi connectivity index (χ2n) is 5.81. The second kappa shape index (κ2) is 6.25. The molecule has 2 fully saturated rings. The molecule has 21 heavy (non-hydrogen) atoms. The zero-order chi connectivity index (χ0) is 15.0. The molecule has 0 N–H and O–H groups in total. The maximum Gasteiger partial charge on any atom is 0.181 e. The maximum absolute atomic E-state index is 12.8. The van der Waals surface area contributed by atoms with Gasteiger partial charge in [-0.1, -0.05) is 23.2 Å². The van der Waals surface area contributed by atoms with E-state index < -0.39 is 0 Å². The van der Waals surface area contributed by atoms with Crippen molar-refractivity contribution in [1.29, 1.82) is 0 Å². The molecule has 114 valence electrons. The molecule has 0 bridgehead atoms. The summed E-state index contributed by atoms with van der Waals surface area (Å²) in [5.74, 6) is 0.0595. The van der Waals surface area contributed by atoms with Crippen LogP contribution in [0.5, 0.6) is 0 Å². The van der Waals surface area contributed by atoms with Crippen molar-refractivity contribution in [2.75, 3.05) is 13.2 Å². The number of morpholine rings is 1. The Morgan fingerprint density at radius 3 is 2.95 bits per heavy atom. The minimum atomic E-state index is -0.182. The van der Waals surface area contributed by atoms with E-state index in [9.17, 15) is 4.79 Å². The summed E-state index contributed by atoms with van der Waals surface area (Å²) < 4.78 is 5.81. The van der Waals surface area contributed by atoms with Gasteiger partial charge in [0.2, 0.25) is 0 Å². The quantitative estimate of drug-likeness (QED) is 0.790. The highest BCUT2D eigenvalue weighted by atomic mass is 35.5. The molecule has 1 saturated heterocycles. The lowest BCUT2D eigenvalue weighted by Crippen LogP contribution is -2.54. The molecule has 2 aliphatic rings. The van der Waals surface area contributed by atoms with Crippen molar-refractivity contribution in [2.24, 2.45) is 0 Å². The number of fused-ring (bicyclic) bond motifs is 1. The van der Waals surface area contributed by atoms with E-state index in [2.05, 4.69) is 4.90 Å². The van der Waals surface area contributed by atoms with Crippen molar-refractivity contribution in [3.8, 4) is 0 Å². The predicted octanol–water partition coefficient (Wildman–Crippen LogP) is 3.82. The Morgan fingerprint density at radius 2 is 2.19 bits per heavy atom. The van der Waals surface area contributed by atoms with Crippen LogP contribution in [0.4, 0.5) is 0 Å². The third-order valence-corrected chi connectivity index (χ3v) is 5.15. The molecule has 3 nitrogen and oxygen atoms in total. The molecule has 1 aliphatic carbocycles. The Morgan fingerprint density at radius 1 is 1.38 bits per heavy atom. The zero-order valence-corrected chi connectivity index (χ0v) is 13.5. The Kier molecular flexibility index (Phi) is 4.55. The lowest BCUT2D eigenvalue weighted by molar-refractivity contribution is -0.0643. The van der Waals surface area contributed by atoms with Gasteiger partial charge in [-0.25, -0.2) is 0 Å². The summed E-state index contributed by atoms with van der Waals surface area (Å²) in [6.45, 7) is 3.47. The molecule has 0 spiro atoms. The van der Waals surface area contributed by atoms with Crippen LogP contribution in [0, 0.1) is 0 Å². The molecule has 3 atom stereocenters. The van der Waals surface area contributed by atoms with Gasteiger partial charge >= 0.3 is 0 Å². The molecule has 5 heteroatoms. The number of ether oxygens (including phenoxy) is 1. The second-order valence-corrected chi connectivity index (χ2v) is 6.65. The lowest BCUT2D eigenvalue weighted by atomic mass is 10.0. The first-order valence-electron chi connectivity index (χ1n) is 7.44. The van der Waals surface area contributed by atoms with Gasteiger partial charge < -0.3 is 4.74 Å². The van der Waals surface area contributed by atoms with Crippen LogP contribution < -0.4 is 0 Å². The molecule has 1 aliphatic heterocycles. The summed E-state index contributed by atoms with van der Waals surface area (Å²) in [5.41, 5.74) is 0.551. The van der Waals surface area contributed by atoms with Crippen LogP contribution in [0.25, 0.3) is 0 Å². The molecular weight excluding hydrogens is 309 g/mol. The topological polar surface area (TPSA) is 29.5 Å². The Hall–Kier alpha value is -0.610. The van der Waals surface area contributed by atoms with Gasteiger partial charge in [0.15, 0.2) is 5.78 Å². The van der Waals surface area contributed by atoms with Gasteiger partial charge in [0, 0.05) is 23.2 Å². The smallest absolute Gasteiger partial charge is 0.181 e. The highest BCUT2D eigenvalue weighted by molar-refractivity contribution is 6.37. The van der Waals surface area contributed by atoms with Crippen LogP contribution in [-0.4, -0.2) is 42.0 Å². The first-order valence-corrected chi connectivity index (χ1v) is 8.20. The van der Waals surface area contributed by atoms with Gasteiger partial charge in [-0.05, 0) is 44.4 Å². The van der Waals surface area contributed by atoms with Crippen LogP contribution >= 0.6 is 23.2 Å². The molecule has 3 rings (SSSR count). The Labute approximate surface area is 135 Å². The van der Waals surface area contributed by atoms with E-state index in [0.29, 0.717) is 28.3 Å². The molecule has 3 unspecified atom stereocenters. The summed E-state index contributed by atoms with van der Waals surface area (Å²) in [5, 5.41) is 0.974. The van der Waals surface area contributed by atoms with Crippen molar-refractivity contribution < 1.29 is 9.53 Å². The van der Waals surface area contributed by atoms with Crippen molar-refractivity contribution in [3.05, 3.63) is 33.8 Å². The number of carbonyl (C=O) groups excluding carboxylic acids is 1. The van der Waals surface area contributed by atoms with E-state index in [-0.39, 0.29) is 17.9 Å². The van der Waals surface area contributed by atoms with Gasteiger partial charge in [-0.15, -0.1) is 0 Å². The van der Waals surface area contributed by atoms with Crippen molar-refractivity contribution in [2.45, 2.75) is 44.4 Å². The van der Waals surface area contributed by atoms with Gasteiger partial charge in [0.05, 0.1) is 23.8 Å². The molecule has 1 aromatic rings. The van der Waals surface area contributed by atoms with Crippen LogP contribution in [0.3, 0.4) is 0 Å². The van der Waals surface area contributed by atoms with Crippen molar-refractivity contribution in [1.82, 2.24) is 4.90 Å². The molecule has 0 amide bonds. The largest absolute Gasteiger partial charge is 0.375 e. The molecule has 1 saturated carbocycles. The number of carbonyl (C=O) groups is 1. The minimum Gasteiger partial charge on any atom is -0.375 e. The van der Waals surface area contributed by atoms with Crippen LogP contribution in [0.2, 0.25) is 10.0 Å². The third kappa shape index (κ3) is 2.98. The van der Waals surface area contributed by atoms with E-state index in [1.807, 2.05) is 6.92 Å². The van der Waals surface area contributed by atoms with Gasteiger partial charge in [-0.2, -0.15) is 0 Å². The zero-order valence-electron chi connectivity index (χ0n) is 12.0. The normalized spacial score (nSPS) is 27.4. The van der Waals surface area contributed by atoms with E-state index in [0.717, 1.165) is 19.4 Å². The average Bonchev–Trinajstić information content (AvgIpc) is 2.94. The highest BCUT2D eigenvalue weighted by Crippen LogP contribution is 2.32.